The summed E-state index contributed by atoms with van der Waals surface area (Å²) >= 11 is 0. The summed E-state index contributed by atoms with van der Waals surface area (Å²) in [5.74, 6) is 3.38. The van der Waals surface area contributed by atoms with Crippen LogP contribution in [0.4, 0.5) is 0 Å². The van der Waals surface area contributed by atoms with Gasteiger partial charge in [-0.2, -0.15) is 0 Å². The van der Waals surface area contributed by atoms with Crippen molar-refractivity contribution in [1.82, 2.24) is 0 Å². The molecule has 4 heteroatoms. The third kappa shape index (κ3) is 2.18. The van der Waals surface area contributed by atoms with Gasteiger partial charge in [-0.05, 0) is 24.3 Å². The van der Waals surface area contributed by atoms with Gasteiger partial charge in [0, 0.05) is 0 Å². The number of hydrogen-bond donors (Lipinski definition) is 0. The second-order valence-electron chi connectivity index (χ2n) is 3.71. The molecular weight excluding hydrogens is 232 g/mol. The predicted molar refractivity (Wildman–Crippen MR) is 65.1 cm³/mol. The zero-order valence-electron chi connectivity index (χ0n) is 9.67. The molecule has 0 saturated carbocycles. The normalized spacial score (nSPS) is 13.8. The van der Waals surface area contributed by atoms with E-state index in [1.807, 2.05) is 48.5 Å². The lowest BCUT2D eigenvalue weighted by Gasteiger charge is -1.89. The molecule has 0 aromatic heterocycles. The number of benzene rings is 2. The Kier molecular flexibility index (Phi) is 2.92. The maximum absolute atomic E-state index is 5.08. The quantitative estimate of drug-likeness (QED) is 0.714. The summed E-state index contributed by atoms with van der Waals surface area (Å²) in [6.45, 7) is 0.721. The van der Waals surface area contributed by atoms with Crippen LogP contribution >= 0.6 is 0 Å². The summed E-state index contributed by atoms with van der Waals surface area (Å²) in [4.78, 5) is 0. The van der Waals surface area contributed by atoms with Gasteiger partial charge in [-0.3, -0.25) is 0 Å². The van der Waals surface area contributed by atoms with Gasteiger partial charge >= 0.3 is 0 Å². The van der Waals surface area contributed by atoms with Gasteiger partial charge in [0.25, 0.3) is 0 Å². The summed E-state index contributed by atoms with van der Waals surface area (Å²) in [5.41, 5.74) is 0. The highest BCUT2D eigenvalue weighted by Crippen LogP contribution is 2.30. The minimum atomic E-state index is 0.360. The Morgan fingerprint density at radius 1 is 0.500 bits per heavy atom. The van der Waals surface area contributed by atoms with Crippen LogP contribution in [-0.4, -0.2) is 13.6 Å². The summed E-state index contributed by atoms with van der Waals surface area (Å²) < 4.78 is 20.3. The molecular formula is C14H12O4. The molecule has 0 atom stereocenters. The highest BCUT2D eigenvalue weighted by molar-refractivity contribution is 5.41. The minimum absolute atomic E-state index is 0.360. The zero-order valence-corrected chi connectivity index (χ0v) is 9.67. The molecule has 4 nitrogen and oxygen atoms in total. The minimum Gasteiger partial charge on any atom is -0.454 e. The first-order valence-corrected chi connectivity index (χ1v) is 5.63. The van der Waals surface area contributed by atoms with Crippen molar-refractivity contribution in [2.45, 2.75) is 0 Å². The van der Waals surface area contributed by atoms with E-state index in [-0.39, 0.29) is 0 Å². The molecule has 2 aromatic carbocycles. The van der Waals surface area contributed by atoms with Crippen LogP contribution in [0.5, 0.6) is 23.0 Å². The van der Waals surface area contributed by atoms with E-state index in [2.05, 4.69) is 0 Å². The summed E-state index contributed by atoms with van der Waals surface area (Å²) in [7, 11) is 0. The van der Waals surface area contributed by atoms with Crippen molar-refractivity contribution in [2.75, 3.05) is 13.6 Å². The Hall–Kier alpha value is -2.36. The van der Waals surface area contributed by atoms with Crippen LogP contribution in [0, 0.1) is 0 Å². The van der Waals surface area contributed by atoms with E-state index < -0.39 is 0 Å². The first-order chi connectivity index (χ1) is 8.93. The molecule has 2 aliphatic rings. The first kappa shape index (κ1) is 10.8. The van der Waals surface area contributed by atoms with Crippen molar-refractivity contribution in [3.05, 3.63) is 48.5 Å². The maximum atomic E-state index is 5.08. The Morgan fingerprint density at radius 2 is 0.778 bits per heavy atom. The molecule has 4 rings (SSSR count). The van der Waals surface area contributed by atoms with Gasteiger partial charge in [0.1, 0.15) is 0 Å². The molecule has 0 N–H and O–H groups in total. The van der Waals surface area contributed by atoms with Crippen molar-refractivity contribution in [2.24, 2.45) is 0 Å². The lowest BCUT2D eigenvalue weighted by Crippen LogP contribution is -1.92. The Labute approximate surface area is 105 Å². The van der Waals surface area contributed by atoms with E-state index in [0.717, 1.165) is 23.0 Å². The van der Waals surface area contributed by atoms with Gasteiger partial charge < -0.3 is 18.9 Å². The predicted octanol–water partition coefficient (Wildman–Crippen LogP) is 2.83. The highest BCUT2D eigenvalue weighted by atomic mass is 16.7. The number of rotatable bonds is 0. The number of ether oxygens (including phenoxy) is 4. The average Bonchev–Trinajstić information content (AvgIpc) is 3.08. The second kappa shape index (κ2) is 4.87. The van der Waals surface area contributed by atoms with E-state index in [9.17, 15) is 0 Å². The molecule has 0 saturated heterocycles. The third-order valence-corrected chi connectivity index (χ3v) is 2.56. The fourth-order valence-electron chi connectivity index (χ4n) is 1.69. The number of fused-ring (bicyclic) bond motifs is 2. The molecule has 0 spiro atoms. The fourth-order valence-corrected chi connectivity index (χ4v) is 1.69. The number of hydrogen-bond acceptors (Lipinski definition) is 4. The molecule has 18 heavy (non-hydrogen) atoms. The topological polar surface area (TPSA) is 36.9 Å². The SMILES string of the molecule is c1ccc2c(c1)OCO2.c1ccc2c(c1)OCO2. The summed E-state index contributed by atoms with van der Waals surface area (Å²) in [6.07, 6.45) is 0. The molecule has 2 aromatic rings. The molecule has 0 radical (unpaired) electrons. The van der Waals surface area contributed by atoms with Crippen LogP contribution in [0.3, 0.4) is 0 Å². The monoisotopic (exact) mass is 244 g/mol. The molecule has 0 unspecified atom stereocenters. The standard InChI is InChI=1S/2C7H6O2/c2*1-2-4-7-6(3-1)8-5-9-7/h2*1-4H,5H2. The van der Waals surface area contributed by atoms with Crippen molar-refractivity contribution >= 4 is 0 Å². The van der Waals surface area contributed by atoms with Crippen LogP contribution in [0.2, 0.25) is 0 Å². The molecule has 2 heterocycles. The van der Waals surface area contributed by atoms with Gasteiger partial charge in [-0.1, -0.05) is 24.3 Å². The van der Waals surface area contributed by atoms with Gasteiger partial charge in [0.15, 0.2) is 23.0 Å². The summed E-state index contributed by atoms with van der Waals surface area (Å²) in [6, 6.07) is 15.3. The van der Waals surface area contributed by atoms with Crippen LogP contribution in [-0.2, 0) is 0 Å². The van der Waals surface area contributed by atoms with Crippen LogP contribution in [0.25, 0.3) is 0 Å². The third-order valence-electron chi connectivity index (χ3n) is 2.56. The Balaban J connectivity index is 0.000000111. The fraction of sp³-hybridized carbons (Fsp3) is 0.143. The highest BCUT2D eigenvalue weighted by Gasteiger charge is 2.10. The van der Waals surface area contributed by atoms with Gasteiger partial charge in [-0.15, -0.1) is 0 Å². The van der Waals surface area contributed by atoms with E-state index in [0.29, 0.717) is 13.6 Å². The van der Waals surface area contributed by atoms with Crippen molar-refractivity contribution in [3.8, 4) is 23.0 Å². The molecule has 0 fully saturated rings. The van der Waals surface area contributed by atoms with Crippen LogP contribution < -0.4 is 18.9 Å². The van der Waals surface area contributed by atoms with E-state index in [4.69, 9.17) is 18.9 Å². The lowest BCUT2D eigenvalue weighted by atomic mass is 10.3. The smallest absolute Gasteiger partial charge is 0.231 e. The van der Waals surface area contributed by atoms with E-state index in [1.54, 1.807) is 0 Å². The van der Waals surface area contributed by atoms with Gasteiger partial charge in [-0.25, -0.2) is 0 Å². The summed E-state index contributed by atoms with van der Waals surface area (Å²) in [5, 5.41) is 0. The van der Waals surface area contributed by atoms with Gasteiger partial charge in [0.2, 0.25) is 13.6 Å². The molecule has 0 bridgehead atoms. The van der Waals surface area contributed by atoms with Crippen molar-refractivity contribution in [3.63, 3.8) is 0 Å². The molecule has 92 valence electrons. The maximum Gasteiger partial charge on any atom is 0.231 e. The second-order valence-corrected chi connectivity index (χ2v) is 3.71. The van der Waals surface area contributed by atoms with Crippen LogP contribution in [0.1, 0.15) is 0 Å². The van der Waals surface area contributed by atoms with Crippen LogP contribution in [0.15, 0.2) is 48.5 Å². The first-order valence-electron chi connectivity index (χ1n) is 5.63. The molecule has 2 aliphatic heterocycles. The van der Waals surface area contributed by atoms with Crippen molar-refractivity contribution < 1.29 is 18.9 Å². The van der Waals surface area contributed by atoms with Crippen molar-refractivity contribution in [1.29, 1.82) is 0 Å². The Bertz CT molecular complexity index is 443. The number of para-hydroxylation sites is 4. The van der Waals surface area contributed by atoms with E-state index in [1.165, 1.54) is 0 Å². The average molecular weight is 244 g/mol. The largest absolute Gasteiger partial charge is 0.454 e. The van der Waals surface area contributed by atoms with E-state index >= 15 is 0 Å². The zero-order chi connectivity index (χ0) is 12.2. The van der Waals surface area contributed by atoms with Gasteiger partial charge in [0.05, 0.1) is 0 Å². The molecule has 0 aliphatic carbocycles. The molecule has 0 amide bonds. The Morgan fingerprint density at radius 3 is 1.06 bits per heavy atom. The lowest BCUT2D eigenvalue weighted by molar-refractivity contribution is 0.173.